The van der Waals surface area contributed by atoms with Crippen molar-refractivity contribution in [2.75, 3.05) is 0 Å². The Morgan fingerprint density at radius 2 is 1.87 bits per heavy atom. The molecule has 1 nitrogen and oxygen atoms in total. The molecule has 0 atom stereocenters. The molecular formula is C13H12FN. The summed E-state index contributed by atoms with van der Waals surface area (Å²) in [6, 6.07) is 9.33. The van der Waals surface area contributed by atoms with E-state index in [-0.39, 0.29) is 0 Å². The van der Waals surface area contributed by atoms with Crippen molar-refractivity contribution in [2.45, 2.75) is 13.8 Å². The van der Waals surface area contributed by atoms with Gasteiger partial charge in [0.25, 0.3) is 0 Å². The van der Waals surface area contributed by atoms with Gasteiger partial charge in [0, 0.05) is 11.8 Å². The minimum Gasteiger partial charge on any atom is -0.228 e. The van der Waals surface area contributed by atoms with Crippen molar-refractivity contribution in [3.8, 4) is 11.1 Å². The van der Waals surface area contributed by atoms with E-state index in [1.807, 2.05) is 19.1 Å². The number of hydrogen-bond acceptors (Lipinski definition) is 1. The number of rotatable bonds is 1. The van der Waals surface area contributed by atoms with E-state index in [0.29, 0.717) is 0 Å². The van der Waals surface area contributed by atoms with E-state index in [2.05, 4.69) is 18.0 Å². The lowest BCUT2D eigenvalue weighted by molar-refractivity contribution is 0.584. The molecule has 0 aliphatic rings. The number of pyridine rings is 1. The second-order valence-electron chi connectivity index (χ2n) is 3.69. The fraction of sp³-hybridized carbons (Fsp3) is 0.154. The summed E-state index contributed by atoms with van der Waals surface area (Å²) >= 11 is 0. The fourth-order valence-corrected chi connectivity index (χ4v) is 1.67. The molecule has 76 valence electrons. The van der Waals surface area contributed by atoms with Crippen LogP contribution in [0.3, 0.4) is 0 Å². The normalized spacial score (nSPS) is 10.3. The smallest absolute Gasteiger partial charge is 0.212 e. The number of hydrogen-bond donors (Lipinski definition) is 0. The molecule has 1 aromatic carbocycles. The van der Waals surface area contributed by atoms with Crippen LogP contribution in [0, 0.1) is 19.8 Å². The highest BCUT2D eigenvalue weighted by atomic mass is 19.1. The molecule has 0 radical (unpaired) electrons. The Bertz CT molecular complexity index is 474. The Balaban J connectivity index is 2.49. The van der Waals surface area contributed by atoms with Gasteiger partial charge >= 0.3 is 0 Å². The van der Waals surface area contributed by atoms with Crippen LogP contribution in [0.4, 0.5) is 4.39 Å². The highest BCUT2D eigenvalue weighted by Gasteiger charge is 2.02. The molecule has 0 amide bonds. The summed E-state index contributed by atoms with van der Waals surface area (Å²) in [5.41, 5.74) is 4.47. The van der Waals surface area contributed by atoms with Crippen LogP contribution in [0.25, 0.3) is 11.1 Å². The largest absolute Gasteiger partial charge is 0.228 e. The van der Waals surface area contributed by atoms with Crippen LogP contribution in [0.15, 0.2) is 36.5 Å². The van der Waals surface area contributed by atoms with Gasteiger partial charge in [0.15, 0.2) is 0 Å². The van der Waals surface area contributed by atoms with Gasteiger partial charge in [0.05, 0.1) is 0 Å². The molecule has 0 aliphatic heterocycles. The van der Waals surface area contributed by atoms with Gasteiger partial charge in [0.1, 0.15) is 0 Å². The third-order valence-corrected chi connectivity index (χ3v) is 2.42. The average Bonchev–Trinajstić information content (AvgIpc) is 2.20. The second-order valence-corrected chi connectivity index (χ2v) is 3.69. The Labute approximate surface area is 88.6 Å². The summed E-state index contributed by atoms with van der Waals surface area (Å²) in [4.78, 5) is 3.65. The van der Waals surface area contributed by atoms with E-state index in [0.717, 1.165) is 11.1 Å². The van der Waals surface area contributed by atoms with Crippen molar-refractivity contribution >= 4 is 0 Å². The zero-order valence-corrected chi connectivity index (χ0v) is 8.79. The van der Waals surface area contributed by atoms with Crippen molar-refractivity contribution < 1.29 is 4.39 Å². The molecule has 0 fully saturated rings. The maximum absolute atomic E-state index is 12.7. The number of nitrogens with zero attached hydrogens (tertiary/aromatic N) is 1. The average molecular weight is 201 g/mol. The van der Waals surface area contributed by atoms with Gasteiger partial charge < -0.3 is 0 Å². The number of halogens is 1. The summed E-state index contributed by atoms with van der Waals surface area (Å²) in [5.74, 6) is -0.441. The molecule has 0 saturated heterocycles. The topological polar surface area (TPSA) is 12.9 Å². The lowest BCUT2D eigenvalue weighted by atomic mass is 10.0. The molecule has 1 heterocycles. The van der Waals surface area contributed by atoms with Gasteiger partial charge in [-0.25, -0.2) is 4.98 Å². The van der Waals surface area contributed by atoms with Crippen LogP contribution < -0.4 is 0 Å². The first kappa shape index (κ1) is 9.84. The molecule has 2 aromatic rings. The predicted molar refractivity (Wildman–Crippen MR) is 59.1 cm³/mol. The Morgan fingerprint density at radius 1 is 1.07 bits per heavy atom. The third kappa shape index (κ3) is 2.04. The first-order valence-electron chi connectivity index (χ1n) is 4.86. The summed E-state index contributed by atoms with van der Waals surface area (Å²) < 4.78 is 12.7. The minimum absolute atomic E-state index is 0.441. The second kappa shape index (κ2) is 3.81. The van der Waals surface area contributed by atoms with Gasteiger partial charge in [-0.2, -0.15) is 4.39 Å². The lowest BCUT2D eigenvalue weighted by Crippen LogP contribution is -1.87. The maximum Gasteiger partial charge on any atom is 0.212 e. The van der Waals surface area contributed by atoms with E-state index in [4.69, 9.17) is 0 Å². The van der Waals surface area contributed by atoms with Crippen LogP contribution in [0.1, 0.15) is 11.1 Å². The third-order valence-electron chi connectivity index (χ3n) is 2.42. The standard InChI is InChI=1S/C13H12FN/c1-9-3-5-12(10(2)7-9)11-4-6-13(14)15-8-11/h3-8H,1-2H3. The summed E-state index contributed by atoms with van der Waals surface area (Å²) in [5, 5.41) is 0. The first-order chi connectivity index (χ1) is 7.16. The molecule has 0 unspecified atom stereocenters. The Morgan fingerprint density at radius 3 is 2.47 bits per heavy atom. The summed E-state index contributed by atoms with van der Waals surface area (Å²) in [6.07, 6.45) is 1.56. The quantitative estimate of drug-likeness (QED) is 0.643. The van der Waals surface area contributed by atoms with Crippen molar-refractivity contribution in [3.05, 3.63) is 53.6 Å². The van der Waals surface area contributed by atoms with E-state index in [9.17, 15) is 4.39 Å². The van der Waals surface area contributed by atoms with Gasteiger partial charge in [0.2, 0.25) is 5.95 Å². The molecule has 2 heteroatoms. The fourth-order valence-electron chi connectivity index (χ4n) is 1.67. The van der Waals surface area contributed by atoms with Crippen LogP contribution in [0.5, 0.6) is 0 Å². The molecule has 2 rings (SSSR count). The van der Waals surface area contributed by atoms with Gasteiger partial charge in [-0.05, 0) is 37.1 Å². The SMILES string of the molecule is Cc1ccc(-c2ccc(F)nc2)c(C)c1. The van der Waals surface area contributed by atoms with Crippen LogP contribution in [-0.2, 0) is 0 Å². The van der Waals surface area contributed by atoms with Crippen molar-refractivity contribution in [1.29, 1.82) is 0 Å². The van der Waals surface area contributed by atoms with Crippen LogP contribution in [-0.4, -0.2) is 4.98 Å². The summed E-state index contributed by atoms with van der Waals surface area (Å²) in [7, 11) is 0. The molecule has 0 saturated carbocycles. The predicted octanol–water partition coefficient (Wildman–Crippen LogP) is 3.50. The number of benzene rings is 1. The zero-order chi connectivity index (χ0) is 10.8. The van der Waals surface area contributed by atoms with Crippen molar-refractivity contribution in [1.82, 2.24) is 4.98 Å². The molecule has 15 heavy (non-hydrogen) atoms. The monoisotopic (exact) mass is 201 g/mol. The van der Waals surface area contributed by atoms with Gasteiger partial charge in [-0.1, -0.05) is 23.8 Å². The van der Waals surface area contributed by atoms with Crippen molar-refractivity contribution in [2.24, 2.45) is 0 Å². The Kier molecular flexibility index (Phi) is 2.50. The molecule has 1 aromatic heterocycles. The van der Waals surface area contributed by atoms with Crippen molar-refractivity contribution in [3.63, 3.8) is 0 Å². The maximum atomic E-state index is 12.7. The molecule has 0 aliphatic carbocycles. The first-order valence-corrected chi connectivity index (χ1v) is 4.86. The van der Waals surface area contributed by atoms with Crippen LogP contribution in [0.2, 0.25) is 0 Å². The highest BCUT2D eigenvalue weighted by Crippen LogP contribution is 2.23. The van der Waals surface area contributed by atoms with E-state index < -0.39 is 5.95 Å². The summed E-state index contributed by atoms with van der Waals surface area (Å²) in [6.45, 7) is 4.10. The van der Waals surface area contributed by atoms with E-state index >= 15 is 0 Å². The Hall–Kier alpha value is -1.70. The zero-order valence-electron chi connectivity index (χ0n) is 8.79. The highest BCUT2D eigenvalue weighted by molar-refractivity contribution is 5.66. The number of aromatic nitrogens is 1. The molecule has 0 N–H and O–H groups in total. The molecule has 0 bridgehead atoms. The van der Waals surface area contributed by atoms with Crippen LogP contribution >= 0.6 is 0 Å². The van der Waals surface area contributed by atoms with E-state index in [1.165, 1.54) is 17.2 Å². The molecule has 0 spiro atoms. The minimum atomic E-state index is -0.441. The van der Waals surface area contributed by atoms with E-state index in [1.54, 1.807) is 12.3 Å². The lowest BCUT2D eigenvalue weighted by Gasteiger charge is -2.06. The molecular weight excluding hydrogens is 189 g/mol. The van der Waals surface area contributed by atoms with Gasteiger partial charge in [-0.3, -0.25) is 0 Å². The number of aryl methyl sites for hydroxylation is 2. The van der Waals surface area contributed by atoms with Gasteiger partial charge in [-0.15, -0.1) is 0 Å².